The Morgan fingerprint density at radius 1 is 0.968 bits per heavy atom. The van der Waals surface area contributed by atoms with Gasteiger partial charge in [0.1, 0.15) is 12.1 Å². The molecule has 7 nitrogen and oxygen atoms in total. The van der Waals surface area contributed by atoms with E-state index >= 15 is 0 Å². The zero-order valence-electron chi connectivity index (χ0n) is 19.8. The normalized spacial score (nSPS) is 16.2. The molecule has 1 amide bonds. The van der Waals surface area contributed by atoms with Crippen LogP contribution in [0, 0.1) is 0 Å². The van der Waals surface area contributed by atoms with Crippen molar-refractivity contribution < 1.29 is 24.2 Å². The smallest absolute Gasteiger partial charge is 0.326 e. The van der Waals surface area contributed by atoms with Crippen LogP contribution >= 0.6 is 0 Å². The minimum atomic E-state index is -0.944. The first-order valence-corrected chi connectivity index (χ1v) is 12.3. The van der Waals surface area contributed by atoms with Crippen molar-refractivity contribution in [1.82, 2.24) is 5.32 Å². The molecule has 0 radical (unpaired) electrons. The van der Waals surface area contributed by atoms with E-state index in [1.807, 2.05) is 0 Å². The van der Waals surface area contributed by atoms with Gasteiger partial charge < -0.3 is 20.9 Å². The number of esters is 1. The number of rotatable bonds is 17. The number of hydrogen-bond donors (Lipinski definition) is 3. The van der Waals surface area contributed by atoms with E-state index in [9.17, 15) is 14.4 Å². The Hall–Kier alpha value is -1.63. The molecule has 0 aromatic rings. The molecule has 1 aliphatic heterocycles. The number of aliphatic carboxylic acids is 1. The number of amides is 1. The molecule has 1 unspecified atom stereocenters. The Bertz CT molecular complexity index is 483. The van der Waals surface area contributed by atoms with Crippen molar-refractivity contribution in [2.45, 2.75) is 129 Å². The van der Waals surface area contributed by atoms with Crippen LogP contribution in [0.4, 0.5) is 0 Å². The Morgan fingerprint density at radius 3 is 1.74 bits per heavy atom. The van der Waals surface area contributed by atoms with Gasteiger partial charge in [-0.2, -0.15) is 0 Å². The quantitative estimate of drug-likeness (QED) is 0.222. The lowest BCUT2D eigenvalue weighted by atomic mass is 10.0. The van der Waals surface area contributed by atoms with Gasteiger partial charge in [0.2, 0.25) is 5.91 Å². The van der Waals surface area contributed by atoms with Crippen molar-refractivity contribution in [2.24, 2.45) is 5.73 Å². The zero-order valence-corrected chi connectivity index (χ0v) is 19.8. The molecule has 1 saturated heterocycles. The summed E-state index contributed by atoms with van der Waals surface area (Å²) < 4.78 is 5.05. The summed E-state index contributed by atoms with van der Waals surface area (Å²) in [5.74, 6) is -1.39. The van der Waals surface area contributed by atoms with Crippen LogP contribution < -0.4 is 11.1 Å². The van der Waals surface area contributed by atoms with Gasteiger partial charge in [0, 0.05) is 6.42 Å². The fraction of sp³-hybridized carbons (Fsp3) is 0.875. The number of hydrogen-bond acceptors (Lipinski definition) is 5. The van der Waals surface area contributed by atoms with Crippen LogP contribution in [0.25, 0.3) is 0 Å². The maximum atomic E-state index is 11.1. The second-order valence-electron chi connectivity index (χ2n) is 8.55. The van der Waals surface area contributed by atoms with E-state index in [1.165, 1.54) is 77.0 Å². The minimum absolute atomic E-state index is 0.164. The Morgan fingerprint density at radius 2 is 1.42 bits per heavy atom. The summed E-state index contributed by atoms with van der Waals surface area (Å²) >= 11 is 0. The second-order valence-corrected chi connectivity index (χ2v) is 8.55. The SMILES string of the molecule is CCCCCCCCCCCCCCCCOC(=O)C(C)N.O=C1CC[C@@H](C(=O)O)N1. The summed E-state index contributed by atoms with van der Waals surface area (Å²) in [6.45, 7) is 4.46. The average Bonchev–Trinajstić information content (AvgIpc) is 3.18. The third-order valence-electron chi connectivity index (χ3n) is 5.41. The molecule has 0 saturated carbocycles. The van der Waals surface area contributed by atoms with Gasteiger partial charge in [0.25, 0.3) is 0 Å². The number of nitrogens with two attached hydrogens (primary N) is 1. The first-order valence-electron chi connectivity index (χ1n) is 12.3. The summed E-state index contributed by atoms with van der Waals surface area (Å²) in [6.07, 6.45) is 19.5. The summed E-state index contributed by atoms with van der Waals surface area (Å²) in [7, 11) is 0. The molecule has 0 aliphatic carbocycles. The van der Waals surface area contributed by atoms with E-state index in [2.05, 4.69) is 12.2 Å². The summed E-state index contributed by atoms with van der Waals surface area (Å²) in [6, 6.07) is -1.14. The Labute approximate surface area is 188 Å². The van der Waals surface area contributed by atoms with Gasteiger partial charge in [0.05, 0.1) is 6.61 Å². The van der Waals surface area contributed by atoms with Crippen LogP contribution in [0.3, 0.4) is 0 Å². The number of carboxylic acids is 1. The number of carboxylic acid groups (broad SMARTS) is 1. The highest BCUT2D eigenvalue weighted by molar-refractivity contribution is 5.87. The molecule has 0 bridgehead atoms. The predicted molar refractivity (Wildman–Crippen MR) is 124 cm³/mol. The third kappa shape index (κ3) is 18.8. The molecule has 0 aromatic carbocycles. The average molecular weight is 443 g/mol. The lowest BCUT2D eigenvalue weighted by molar-refractivity contribution is -0.145. The van der Waals surface area contributed by atoms with E-state index in [0.29, 0.717) is 19.4 Å². The van der Waals surface area contributed by atoms with Crippen LogP contribution in [0.1, 0.15) is 117 Å². The molecular formula is C24H46N2O5. The molecule has 2 atom stereocenters. The standard InChI is InChI=1S/C19H39NO2.C5H7NO3/c1-3-4-5-6-7-8-9-10-11-12-13-14-15-16-17-22-19(21)18(2)20;7-4-2-1-3(6-4)5(8)9/h18H,3-17,20H2,1-2H3;3H,1-2H2,(H,6,7)(H,8,9)/t;3-/m.0/s1. The number of carbonyl (C=O) groups excluding carboxylic acids is 2. The van der Waals surface area contributed by atoms with Crippen molar-refractivity contribution in [2.75, 3.05) is 6.61 Å². The highest BCUT2D eigenvalue weighted by Crippen LogP contribution is 2.13. The molecule has 1 rings (SSSR count). The Balaban J connectivity index is 0.000000823. The lowest BCUT2D eigenvalue weighted by Crippen LogP contribution is -2.32. The van der Waals surface area contributed by atoms with Gasteiger partial charge in [0.15, 0.2) is 0 Å². The third-order valence-corrected chi connectivity index (χ3v) is 5.41. The van der Waals surface area contributed by atoms with Crippen LogP contribution in [-0.4, -0.2) is 41.6 Å². The van der Waals surface area contributed by atoms with Gasteiger partial charge in [-0.25, -0.2) is 4.79 Å². The Kier molecular flexibility index (Phi) is 19.2. The van der Waals surface area contributed by atoms with Crippen LogP contribution in [0.5, 0.6) is 0 Å². The van der Waals surface area contributed by atoms with Crippen LogP contribution in [0.15, 0.2) is 0 Å². The zero-order chi connectivity index (χ0) is 23.3. The second kappa shape index (κ2) is 20.3. The van der Waals surface area contributed by atoms with E-state index in [0.717, 1.165) is 12.8 Å². The molecule has 7 heteroatoms. The largest absolute Gasteiger partial charge is 0.480 e. The molecule has 1 fully saturated rings. The van der Waals surface area contributed by atoms with Gasteiger partial charge in [-0.1, -0.05) is 90.4 Å². The first kappa shape index (κ1) is 29.4. The fourth-order valence-electron chi connectivity index (χ4n) is 3.40. The van der Waals surface area contributed by atoms with Crippen molar-refractivity contribution in [1.29, 1.82) is 0 Å². The maximum absolute atomic E-state index is 11.1. The monoisotopic (exact) mass is 442 g/mol. The summed E-state index contributed by atoms with van der Waals surface area (Å²) in [4.78, 5) is 31.6. The maximum Gasteiger partial charge on any atom is 0.326 e. The van der Waals surface area contributed by atoms with Crippen LogP contribution in [0.2, 0.25) is 0 Å². The first-order chi connectivity index (χ1) is 14.9. The number of unbranched alkanes of at least 4 members (excludes halogenated alkanes) is 13. The van der Waals surface area contributed by atoms with Crippen molar-refractivity contribution in [3.05, 3.63) is 0 Å². The molecule has 1 heterocycles. The van der Waals surface area contributed by atoms with E-state index in [1.54, 1.807) is 6.92 Å². The molecule has 182 valence electrons. The number of ether oxygens (including phenoxy) is 1. The van der Waals surface area contributed by atoms with Gasteiger partial charge in [-0.05, 0) is 19.8 Å². The summed E-state index contributed by atoms with van der Waals surface area (Å²) in [5.41, 5.74) is 5.42. The van der Waals surface area contributed by atoms with Gasteiger partial charge in [-0.15, -0.1) is 0 Å². The van der Waals surface area contributed by atoms with Crippen LogP contribution in [-0.2, 0) is 19.1 Å². The highest BCUT2D eigenvalue weighted by Gasteiger charge is 2.26. The van der Waals surface area contributed by atoms with Crippen molar-refractivity contribution in [3.8, 4) is 0 Å². The van der Waals surface area contributed by atoms with E-state index < -0.39 is 18.1 Å². The summed E-state index contributed by atoms with van der Waals surface area (Å²) in [5, 5.41) is 10.6. The minimum Gasteiger partial charge on any atom is -0.480 e. The fourth-order valence-corrected chi connectivity index (χ4v) is 3.40. The predicted octanol–water partition coefficient (Wildman–Crippen LogP) is 4.71. The molecule has 0 spiro atoms. The molecule has 0 aromatic heterocycles. The number of carbonyl (C=O) groups is 3. The highest BCUT2D eigenvalue weighted by atomic mass is 16.5. The lowest BCUT2D eigenvalue weighted by Gasteiger charge is -2.06. The van der Waals surface area contributed by atoms with E-state index in [-0.39, 0.29) is 11.9 Å². The van der Waals surface area contributed by atoms with Gasteiger partial charge in [-0.3, -0.25) is 9.59 Å². The number of nitrogens with one attached hydrogen (secondary N) is 1. The van der Waals surface area contributed by atoms with Crippen molar-refractivity contribution >= 4 is 17.8 Å². The topological polar surface area (TPSA) is 119 Å². The molecule has 4 N–H and O–H groups in total. The molecular weight excluding hydrogens is 396 g/mol. The van der Waals surface area contributed by atoms with Crippen molar-refractivity contribution in [3.63, 3.8) is 0 Å². The van der Waals surface area contributed by atoms with Gasteiger partial charge >= 0.3 is 11.9 Å². The van der Waals surface area contributed by atoms with E-state index in [4.69, 9.17) is 15.6 Å². The molecule has 31 heavy (non-hydrogen) atoms. The molecule has 1 aliphatic rings.